The number of alkyl halides is 3. The zero-order valence-electron chi connectivity index (χ0n) is 17.5. The summed E-state index contributed by atoms with van der Waals surface area (Å²) in [7, 11) is 0. The van der Waals surface area contributed by atoms with Crippen LogP contribution in [0.3, 0.4) is 0 Å². The predicted octanol–water partition coefficient (Wildman–Crippen LogP) is 4.30. The molecule has 33 heavy (non-hydrogen) atoms. The van der Waals surface area contributed by atoms with Gasteiger partial charge in [-0.2, -0.15) is 5.11 Å². The van der Waals surface area contributed by atoms with Crippen molar-refractivity contribution in [3.8, 4) is 5.75 Å². The van der Waals surface area contributed by atoms with Gasteiger partial charge in [0.2, 0.25) is 0 Å². The predicted molar refractivity (Wildman–Crippen MR) is 112 cm³/mol. The molecule has 0 fully saturated rings. The number of carbonyl (C=O) groups excluding carboxylic acids is 2. The van der Waals surface area contributed by atoms with Crippen LogP contribution in [0.1, 0.15) is 28.8 Å². The lowest BCUT2D eigenvalue weighted by atomic mass is 10.2. The van der Waals surface area contributed by atoms with Gasteiger partial charge >= 0.3 is 12.3 Å². The monoisotopic (exact) mass is 464 g/mol. The van der Waals surface area contributed by atoms with E-state index < -0.39 is 24.0 Å². The number of unbranched alkanes of at least 4 members (excludes halogenated alkanes) is 1. The molecule has 0 spiro atoms. The van der Waals surface area contributed by atoms with Gasteiger partial charge in [-0.1, -0.05) is 30.3 Å². The van der Waals surface area contributed by atoms with E-state index in [1.807, 2.05) is 0 Å². The van der Waals surface area contributed by atoms with Crippen molar-refractivity contribution in [2.24, 2.45) is 5.11 Å². The normalized spacial score (nSPS) is 11.4. The molecule has 0 aliphatic heterocycles. The van der Waals surface area contributed by atoms with Crippen molar-refractivity contribution in [3.63, 3.8) is 0 Å². The van der Waals surface area contributed by atoms with Gasteiger partial charge in [0.25, 0.3) is 5.91 Å². The zero-order valence-corrected chi connectivity index (χ0v) is 17.5. The van der Waals surface area contributed by atoms with Gasteiger partial charge < -0.3 is 20.1 Å². The highest BCUT2D eigenvalue weighted by molar-refractivity contribution is 5.92. The first-order chi connectivity index (χ1) is 15.8. The van der Waals surface area contributed by atoms with Crippen LogP contribution in [0.15, 0.2) is 71.6 Å². The second-order valence-electron chi connectivity index (χ2n) is 6.68. The molecule has 0 heterocycles. The summed E-state index contributed by atoms with van der Waals surface area (Å²) in [6.45, 7) is 0.617. The Morgan fingerprint density at radius 1 is 1.06 bits per heavy atom. The van der Waals surface area contributed by atoms with Gasteiger partial charge in [-0.05, 0) is 42.7 Å². The highest BCUT2D eigenvalue weighted by Crippen LogP contribution is 2.23. The lowest BCUT2D eigenvalue weighted by Gasteiger charge is -2.10. The Labute approximate surface area is 188 Å². The molecule has 176 valence electrons. The molecule has 0 bridgehead atoms. The summed E-state index contributed by atoms with van der Waals surface area (Å²) in [6.07, 6.45) is -2.31. The Morgan fingerprint density at radius 3 is 2.52 bits per heavy atom. The van der Waals surface area contributed by atoms with E-state index in [0.29, 0.717) is 30.5 Å². The molecule has 0 unspecified atom stereocenters. The number of rotatable bonds is 12. The van der Waals surface area contributed by atoms with Crippen molar-refractivity contribution < 1.29 is 32.2 Å². The number of amides is 1. The highest BCUT2D eigenvalue weighted by Gasteiger charge is 2.31. The Balaban J connectivity index is 1.69. The van der Waals surface area contributed by atoms with Gasteiger partial charge in [0, 0.05) is 19.3 Å². The molecule has 3 N–H and O–H groups in total. The second-order valence-corrected chi connectivity index (χ2v) is 6.68. The molecule has 2 aromatic rings. The molecule has 0 atom stereocenters. The van der Waals surface area contributed by atoms with Crippen LogP contribution < -0.4 is 15.4 Å². The number of hydrogen-bond acceptors (Lipinski definition) is 7. The van der Waals surface area contributed by atoms with Crippen molar-refractivity contribution in [1.82, 2.24) is 10.6 Å². The Morgan fingerprint density at radius 2 is 1.82 bits per heavy atom. The number of halogens is 3. The van der Waals surface area contributed by atoms with Crippen LogP contribution in [-0.4, -0.2) is 31.4 Å². The van der Waals surface area contributed by atoms with Crippen molar-refractivity contribution in [3.05, 3.63) is 77.6 Å². The maximum atomic E-state index is 12.3. The molecule has 0 aliphatic rings. The molecule has 0 radical (unpaired) electrons. The van der Waals surface area contributed by atoms with E-state index in [1.54, 1.807) is 30.3 Å². The zero-order chi connectivity index (χ0) is 24.1. The van der Waals surface area contributed by atoms with Crippen LogP contribution in [0.4, 0.5) is 13.2 Å². The van der Waals surface area contributed by atoms with E-state index >= 15 is 0 Å². The third-order valence-electron chi connectivity index (χ3n) is 4.14. The summed E-state index contributed by atoms with van der Waals surface area (Å²) in [5.74, 6) is -1.46. The molecule has 8 nitrogen and oxygen atoms in total. The van der Waals surface area contributed by atoms with Crippen LogP contribution in [0.25, 0.3) is 0 Å². The molecule has 2 rings (SSSR count). The summed E-state index contributed by atoms with van der Waals surface area (Å²) in [5, 5.41) is 8.47. The van der Waals surface area contributed by atoms with E-state index in [2.05, 4.69) is 20.5 Å². The largest absolute Gasteiger partial charge is 0.573 e. The second kappa shape index (κ2) is 12.8. The molecule has 0 aliphatic carbocycles. The van der Waals surface area contributed by atoms with Gasteiger partial charge in [-0.15, -0.1) is 13.2 Å². The van der Waals surface area contributed by atoms with Crippen LogP contribution in [-0.2, 0) is 16.1 Å². The van der Waals surface area contributed by atoms with Crippen LogP contribution in [0.5, 0.6) is 5.75 Å². The van der Waals surface area contributed by atoms with Crippen molar-refractivity contribution in [2.75, 3.05) is 13.2 Å². The smallest absolute Gasteiger partial charge is 0.462 e. The van der Waals surface area contributed by atoms with Gasteiger partial charge in [0.05, 0.1) is 12.2 Å². The number of nitrogens with one attached hydrogen (secondary N) is 3. The fourth-order valence-corrected chi connectivity index (χ4v) is 2.59. The van der Waals surface area contributed by atoms with Crippen LogP contribution in [0, 0.1) is 5.53 Å². The Kier molecular flexibility index (Phi) is 9.87. The van der Waals surface area contributed by atoms with Crippen LogP contribution in [0.2, 0.25) is 0 Å². The lowest BCUT2D eigenvalue weighted by Crippen LogP contribution is -2.25. The highest BCUT2D eigenvalue weighted by atomic mass is 19.4. The number of ether oxygens (including phenoxy) is 2. The first-order valence-electron chi connectivity index (χ1n) is 9.94. The summed E-state index contributed by atoms with van der Waals surface area (Å²) in [5.41, 5.74) is 7.79. The topological polar surface area (TPSA) is 113 Å². The summed E-state index contributed by atoms with van der Waals surface area (Å²) in [6, 6.07) is 13.8. The minimum Gasteiger partial charge on any atom is -0.462 e. The fourth-order valence-electron chi connectivity index (χ4n) is 2.59. The Hall–Kier alpha value is -3.89. The molecule has 0 saturated carbocycles. The molecule has 0 saturated heterocycles. The van der Waals surface area contributed by atoms with Crippen molar-refractivity contribution >= 4 is 11.9 Å². The van der Waals surface area contributed by atoms with Gasteiger partial charge in [0.15, 0.2) is 5.70 Å². The van der Waals surface area contributed by atoms with E-state index in [1.165, 1.54) is 18.3 Å². The SMILES string of the molecule is N=N/C(=C\NCCCCOC(=O)c1ccccc1)C(=O)NCc1cccc(OC(F)(F)F)c1. The van der Waals surface area contributed by atoms with Crippen molar-refractivity contribution in [1.29, 1.82) is 5.53 Å². The van der Waals surface area contributed by atoms with Gasteiger partial charge in [-0.3, -0.25) is 4.79 Å². The van der Waals surface area contributed by atoms with Crippen molar-refractivity contribution in [2.45, 2.75) is 25.7 Å². The van der Waals surface area contributed by atoms with E-state index in [9.17, 15) is 22.8 Å². The lowest BCUT2D eigenvalue weighted by molar-refractivity contribution is -0.274. The number of esters is 1. The van der Waals surface area contributed by atoms with Crippen LogP contribution >= 0.6 is 0 Å². The quantitative estimate of drug-likeness (QED) is 0.188. The van der Waals surface area contributed by atoms with E-state index in [4.69, 9.17) is 10.3 Å². The minimum absolute atomic E-state index is 0.0759. The standard InChI is InChI=1S/C22H23F3N4O4/c23-22(24,25)33-18-10-6-7-16(13-18)14-28-20(30)19(29-26)15-27-11-4-5-12-32-21(31)17-8-2-1-3-9-17/h1-3,6-10,13,15,26-27H,4-5,11-12,14H2,(H,28,30)/b19-15-,29-26?. The van der Waals surface area contributed by atoms with E-state index in [-0.39, 0.29) is 18.8 Å². The summed E-state index contributed by atoms with van der Waals surface area (Å²) >= 11 is 0. The maximum Gasteiger partial charge on any atom is 0.573 e. The average molecular weight is 464 g/mol. The molecular formula is C22H23F3N4O4. The van der Waals surface area contributed by atoms with E-state index in [0.717, 1.165) is 12.1 Å². The first-order valence-corrected chi connectivity index (χ1v) is 9.94. The molecule has 11 heteroatoms. The summed E-state index contributed by atoms with van der Waals surface area (Å²) in [4.78, 5) is 23.9. The molecule has 2 aromatic carbocycles. The molecular weight excluding hydrogens is 441 g/mol. The third-order valence-corrected chi connectivity index (χ3v) is 4.14. The third kappa shape index (κ3) is 9.85. The summed E-state index contributed by atoms with van der Waals surface area (Å²) < 4.78 is 45.9. The minimum atomic E-state index is -4.81. The number of benzene rings is 2. The fraction of sp³-hybridized carbons (Fsp3) is 0.273. The van der Waals surface area contributed by atoms with Gasteiger partial charge in [-0.25, -0.2) is 10.3 Å². The number of nitrogens with zero attached hydrogens (tertiary/aromatic N) is 1. The molecule has 1 amide bonds. The number of hydrogen-bond donors (Lipinski definition) is 3. The Bertz CT molecular complexity index is 966. The number of carbonyl (C=O) groups is 2. The van der Waals surface area contributed by atoms with Gasteiger partial charge in [0.1, 0.15) is 5.75 Å². The molecule has 0 aromatic heterocycles. The maximum absolute atomic E-state index is 12.3. The average Bonchev–Trinajstić information content (AvgIpc) is 2.79. The first kappa shape index (κ1) is 25.4.